The van der Waals surface area contributed by atoms with E-state index in [2.05, 4.69) is 19.8 Å². The zero-order valence-electron chi connectivity index (χ0n) is 9.88. The van der Waals surface area contributed by atoms with Gasteiger partial charge in [-0.25, -0.2) is 0 Å². The fourth-order valence-electron chi connectivity index (χ4n) is 2.83. The molecule has 0 aromatic heterocycles. The molecule has 0 aliphatic carbocycles. The van der Waals surface area contributed by atoms with Crippen molar-refractivity contribution < 1.29 is 0 Å². The number of piperidine rings is 1. The van der Waals surface area contributed by atoms with Crippen LogP contribution in [0.3, 0.4) is 0 Å². The van der Waals surface area contributed by atoms with Gasteiger partial charge in [0.1, 0.15) is 0 Å². The Bertz CT molecular complexity index is 255. The van der Waals surface area contributed by atoms with Gasteiger partial charge in [-0.15, -0.1) is 0 Å². The summed E-state index contributed by atoms with van der Waals surface area (Å²) in [7, 11) is 0. The molecule has 1 atom stereocenters. The van der Waals surface area contributed by atoms with Gasteiger partial charge in [0, 0.05) is 30.6 Å². The van der Waals surface area contributed by atoms with Crippen LogP contribution < -0.4 is 0 Å². The van der Waals surface area contributed by atoms with Gasteiger partial charge in [-0.1, -0.05) is 11.5 Å². The highest BCUT2D eigenvalue weighted by Gasteiger charge is 2.27. The fourth-order valence-corrected chi connectivity index (χ4v) is 2.83. The summed E-state index contributed by atoms with van der Waals surface area (Å²) in [5.41, 5.74) is 8.23. The van der Waals surface area contributed by atoms with Crippen molar-refractivity contribution in [3.63, 3.8) is 0 Å². The van der Waals surface area contributed by atoms with E-state index in [1.165, 1.54) is 51.9 Å². The Hall–Kier alpha value is -0.770. The smallest absolute Gasteiger partial charge is 0.0385 e. The van der Waals surface area contributed by atoms with Crippen molar-refractivity contribution in [2.45, 2.75) is 31.7 Å². The molecule has 0 N–H and O–H groups in total. The molecule has 2 saturated heterocycles. The Balaban J connectivity index is 1.71. The van der Waals surface area contributed by atoms with Crippen LogP contribution >= 0.6 is 0 Å². The third-order valence-corrected chi connectivity index (χ3v) is 3.73. The lowest BCUT2D eigenvalue weighted by Crippen LogP contribution is -2.41. The molecule has 90 valence electrons. The van der Waals surface area contributed by atoms with Gasteiger partial charge in [-0.2, -0.15) is 0 Å². The second kappa shape index (κ2) is 6.09. The van der Waals surface area contributed by atoms with Gasteiger partial charge in [-0.05, 0) is 44.4 Å². The van der Waals surface area contributed by atoms with Crippen LogP contribution in [-0.2, 0) is 0 Å². The molecule has 2 heterocycles. The van der Waals surface area contributed by atoms with E-state index in [0.717, 1.165) is 12.6 Å². The average molecular weight is 223 g/mol. The summed E-state index contributed by atoms with van der Waals surface area (Å²) in [5, 5.41) is 3.60. The zero-order chi connectivity index (χ0) is 11.2. The molecular weight excluding hydrogens is 202 g/mol. The molecule has 2 aliphatic heterocycles. The van der Waals surface area contributed by atoms with Crippen LogP contribution in [0.4, 0.5) is 0 Å². The van der Waals surface area contributed by atoms with Crippen LogP contribution in [-0.4, -0.2) is 55.1 Å². The molecule has 5 heteroatoms. The monoisotopic (exact) mass is 223 g/mol. The van der Waals surface area contributed by atoms with Crippen LogP contribution in [0.15, 0.2) is 5.11 Å². The molecule has 2 fully saturated rings. The highest BCUT2D eigenvalue weighted by Crippen LogP contribution is 2.19. The van der Waals surface area contributed by atoms with Gasteiger partial charge in [-0.3, -0.25) is 4.90 Å². The highest BCUT2D eigenvalue weighted by molar-refractivity contribution is 4.84. The van der Waals surface area contributed by atoms with E-state index in [0.29, 0.717) is 6.54 Å². The van der Waals surface area contributed by atoms with Crippen LogP contribution in [0.1, 0.15) is 25.7 Å². The highest BCUT2D eigenvalue weighted by atomic mass is 15.3. The maximum absolute atomic E-state index is 8.23. The Morgan fingerprint density at radius 1 is 1.19 bits per heavy atom. The molecule has 16 heavy (non-hydrogen) atoms. The molecule has 2 rings (SSSR count). The molecule has 0 bridgehead atoms. The van der Waals surface area contributed by atoms with Crippen LogP contribution in [0.25, 0.3) is 10.4 Å². The van der Waals surface area contributed by atoms with E-state index in [9.17, 15) is 0 Å². The first-order valence-corrected chi connectivity index (χ1v) is 6.37. The Morgan fingerprint density at radius 3 is 2.75 bits per heavy atom. The maximum atomic E-state index is 8.23. The summed E-state index contributed by atoms with van der Waals surface area (Å²) >= 11 is 0. The Labute approximate surface area is 97.0 Å². The lowest BCUT2D eigenvalue weighted by atomic mass is 10.1. The fraction of sp³-hybridized carbons (Fsp3) is 1.00. The maximum Gasteiger partial charge on any atom is 0.0385 e. The van der Waals surface area contributed by atoms with Gasteiger partial charge in [0.05, 0.1) is 0 Å². The van der Waals surface area contributed by atoms with Crippen molar-refractivity contribution in [2.75, 3.05) is 39.3 Å². The summed E-state index contributed by atoms with van der Waals surface area (Å²) in [6, 6.07) is 0.756. The quantitative estimate of drug-likeness (QED) is 0.415. The standard InChI is InChI=1S/C11H21N5/c12-14-13-5-9-15-8-4-11(10-15)16-6-2-1-3-7-16/h11H,1-10H2. The summed E-state index contributed by atoms with van der Waals surface area (Å²) in [6.45, 7) is 6.45. The predicted molar refractivity (Wildman–Crippen MR) is 64.3 cm³/mol. The van der Waals surface area contributed by atoms with Crippen molar-refractivity contribution in [3.05, 3.63) is 10.4 Å². The number of likely N-dealkylation sites (tertiary alicyclic amines) is 2. The number of azide groups is 1. The summed E-state index contributed by atoms with van der Waals surface area (Å²) in [4.78, 5) is 7.87. The number of hydrogen-bond donors (Lipinski definition) is 0. The van der Waals surface area contributed by atoms with E-state index in [1.807, 2.05) is 0 Å². The van der Waals surface area contributed by atoms with E-state index >= 15 is 0 Å². The van der Waals surface area contributed by atoms with Gasteiger partial charge in [0.15, 0.2) is 0 Å². The van der Waals surface area contributed by atoms with Crippen molar-refractivity contribution in [2.24, 2.45) is 5.11 Å². The third kappa shape index (κ3) is 3.11. The third-order valence-electron chi connectivity index (χ3n) is 3.73. The van der Waals surface area contributed by atoms with Crippen molar-refractivity contribution in [3.8, 4) is 0 Å². The minimum atomic E-state index is 0.614. The van der Waals surface area contributed by atoms with Crippen molar-refractivity contribution >= 4 is 0 Å². The lowest BCUT2D eigenvalue weighted by Gasteiger charge is -2.32. The second-order valence-electron chi connectivity index (χ2n) is 4.79. The molecule has 1 unspecified atom stereocenters. The SMILES string of the molecule is [N-]=[N+]=NCCN1CCC(N2CCCCC2)C1. The molecule has 2 aliphatic rings. The second-order valence-corrected chi connectivity index (χ2v) is 4.79. The summed E-state index contributed by atoms with van der Waals surface area (Å²) in [6.07, 6.45) is 5.44. The Kier molecular flexibility index (Phi) is 4.45. The van der Waals surface area contributed by atoms with Crippen molar-refractivity contribution in [1.29, 1.82) is 0 Å². The number of nitrogens with zero attached hydrogens (tertiary/aromatic N) is 5. The predicted octanol–water partition coefficient (Wildman–Crippen LogP) is 1.86. The molecule has 0 aromatic carbocycles. The molecule has 0 aromatic rings. The van der Waals surface area contributed by atoms with Crippen molar-refractivity contribution in [1.82, 2.24) is 9.80 Å². The van der Waals surface area contributed by atoms with Crippen LogP contribution in [0, 0.1) is 0 Å². The van der Waals surface area contributed by atoms with Gasteiger partial charge in [0.2, 0.25) is 0 Å². The van der Waals surface area contributed by atoms with Gasteiger partial charge in [0.25, 0.3) is 0 Å². The Morgan fingerprint density at radius 2 is 2.00 bits per heavy atom. The van der Waals surface area contributed by atoms with Crippen LogP contribution in [0.5, 0.6) is 0 Å². The zero-order valence-corrected chi connectivity index (χ0v) is 9.88. The summed E-state index contributed by atoms with van der Waals surface area (Å²) in [5.74, 6) is 0. The minimum Gasteiger partial charge on any atom is -0.302 e. The molecule has 0 amide bonds. The van der Waals surface area contributed by atoms with Gasteiger partial charge >= 0.3 is 0 Å². The molecular formula is C11H21N5. The molecule has 0 saturated carbocycles. The molecule has 0 spiro atoms. The van der Waals surface area contributed by atoms with Crippen LogP contribution in [0.2, 0.25) is 0 Å². The van der Waals surface area contributed by atoms with E-state index in [1.54, 1.807) is 0 Å². The number of hydrogen-bond acceptors (Lipinski definition) is 3. The normalized spacial score (nSPS) is 27.9. The summed E-state index contributed by atoms with van der Waals surface area (Å²) < 4.78 is 0. The molecule has 0 radical (unpaired) electrons. The lowest BCUT2D eigenvalue weighted by molar-refractivity contribution is 0.163. The first kappa shape index (κ1) is 11.7. The average Bonchev–Trinajstić information content (AvgIpc) is 2.79. The largest absolute Gasteiger partial charge is 0.302 e. The molecule has 5 nitrogen and oxygen atoms in total. The topological polar surface area (TPSA) is 55.2 Å². The minimum absolute atomic E-state index is 0.614. The van der Waals surface area contributed by atoms with E-state index in [4.69, 9.17) is 5.53 Å². The first-order chi connectivity index (χ1) is 7.90. The first-order valence-electron chi connectivity index (χ1n) is 6.37. The van der Waals surface area contributed by atoms with E-state index < -0.39 is 0 Å². The number of rotatable bonds is 4. The van der Waals surface area contributed by atoms with Gasteiger partial charge < -0.3 is 4.90 Å². The van der Waals surface area contributed by atoms with E-state index in [-0.39, 0.29) is 0 Å².